The van der Waals surface area contributed by atoms with E-state index in [2.05, 4.69) is 17.2 Å². The monoisotopic (exact) mass is 337 g/mol. The Bertz CT molecular complexity index is 830. The second-order valence-corrected chi connectivity index (χ2v) is 7.05. The highest BCUT2D eigenvalue weighted by molar-refractivity contribution is 6.00. The molecule has 0 unspecified atom stereocenters. The van der Waals surface area contributed by atoms with Crippen LogP contribution in [-0.4, -0.2) is 23.0 Å². The van der Waals surface area contributed by atoms with Crippen molar-refractivity contribution < 1.29 is 4.79 Å². The molecule has 2 heterocycles. The molecule has 1 amide bonds. The average Bonchev–Trinajstić information content (AvgIpc) is 2.89. The summed E-state index contributed by atoms with van der Waals surface area (Å²) in [4.78, 5) is 29.4. The van der Waals surface area contributed by atoms with Crippen molar-refractivity contribution in [3.63, 3.8) is 0 Å². The number of benzene rings is 1. The van der Waals surface area contributed by atoms with Crippen LogP contribution in [0, 0.1) is 0 Å². The van der Waals surface area contributed by atoms with E-state index >= 15 is 0 Å². The summed E-state index contributed by atoms with van der Waals surface area (Å²) in [5, 5.41) is 3.56. The van der Waals surface area contributed by atoms with Crippen LogP contribution in [0.4, 0.5) is 5.69 Å². The van der Waals surface area contributed by atoms with Gasteiger partial charge in [0.15, 0.2) is 0 Å². The fraction of sp³-hybridized carbons (Fsp3) is 0.400. The fourth-order valence-corrected chi connectivity index (χ4v) is 4.16. The zero-order valence-corrected chi connectivity index (χ0v) is 14.4. The summed E-state index contributed by atoms with van der Waals surface area (Å²) in [6, 6.07) is 13.4. The zero-order valence-electron chi connectivity index (χ0n) is 14.4. The number of para-hydroxylation sites is 1. The van der Waals surface area contributed by atoms with Gasteiger partial charge in [-0.25, -0.2) is 0 Å². The summed E-state index contributed by atoms with van der Waals surface area (Å²) in [6.07, 6.45) is 3.70. The Labute approximate surface area is 147 Å². The van der Waals surface area contributed by atoms with E-state index in [0.29, 0.717) is 0 Å². The van der Waals surface area contributed by atoms with E-state index in [-0.39, 0.29) is 29.6 Å². The molecule has 0 spiro atoms. The summed E-state index contributed by atoms with van der Waals surface area (Å²) in [7, 11) is 0. The molecule has 25 heavy (non-hydrogen) atoms. The molecule has 1 fully saturated rings. The van der Waals surface area contributed by atoms with Gasteiger partial charge in [0.25, 0.3) is 0 Å². The Balaban J connectivity index is 1.55. The molecule has 4 rings (SSSR count). The normalized spacial score (nSPS) is 25.9. The topological polar surface area (TPSA) is 65.2 Å². The summed E-state index contributed by atoms with van der Waals surface area (Å²) < 4.78 is 0. The number of nitrogens with zero attached hydrogens (tertiary/aromatic N) is 1. The van der Waals surface area contributed by atoms with Gasteiger partial charge in [-0.15, -0.1) is 0 Å². The van der Waals surface area contributed by atoms with Gasteiger partial charge in [-0.2, -0.15) is 0 Å². The van der Waals surface area contributed by atoms with Crippen LogP contribution in [0.15, 0.2) is 47.3 Å². The number of amides is 1. The van der Waals surface area contributed by atoms with Gasteiger partial charge in [0, 0.05) is 29.5 Å². The third-order valence-corrected chi connectivity index (χ3v) is 5.32. The first-order valence-corrected chi connectivity index (χ1v) is 9.00. The van der Waals surface area contributed by atoms with Gasteiger partial charge in [-0.1, -0.05) is 24.3 Å². The Kier molecular flexibility index (Phi) is 4.17. The number of pyridine rings is 1. The molecule has 5 heteroatoms. The third-order valence-electron chi connectivity index (χ3n) is 5.32. The van der Waals surface area contributed by atoms with Crippen LogP contribution in [0.5, 0.6) is 0 Å². The fourth-order valence-electron chi connectivity index (χ4n) is 4.16. The number of H-pyrrole nitrogens is 1. The van der Waals surface area contributed by atoms with Gasteiger partial charge in [-0.05, 0) is 50.3 Å². The number of anilines is 1. The van der Waals surface area contributed by atoms with E-state index in [1.807, 2.05) is 41.3 Å². The molecular weight excluding hydrogens is 314 g/mol. The van der Waals surface area contributed by atoms with Gasteiger partial charge < -0.3 is 9.88 Å². The van der Waals surface area contributed by atoms with Gasteiger partial charge in [0.05, 0.1) is 6.04 Å². The average molecular weight is 337 g/mol. The first kappa shape index (κ1) is 16.1. The molecule has 2 aromatic rings. The predicted molar refractivity (Wildman–Crippen MR) is 97.7 cm³/mol. The summed E-state index contributed by atoms with van der Waals surface area (Å²) in [5.74, 6) is 0.134. The van der Waals surface area contributed by atoms with Crippen molar-refractivity contribution in [3.8, 4) is 0 Å². The highest BCUT2D eigenvalue weighted by atomic mass is 16.2. The third kappa shape index (κ3) is 3.00. The lowest BCUT2D eigenvalue weighted by Crippen LogP contribution is -2.41. The number of aromatic amines is 1. The lowest BCUT2D eigenvalue weighted by Gasteiger charge is -2.28. The van der Waals surface area contributed by atoms with E-state index < -0.39 is 0 Å². The quantitative estimate of drug-likeness (QED) is 0.904. The molecule has 0 bridgehead atoms. The molecule has 3 atom stereocenters. The minimum absolute atomic E-state index is 0.0554. The maximum absolute atomic E-state index is 13.0. The van der Waals surface area contributed by atoms with E-state index in [0.717, 1.165) is 42.6 Å². The number of aryl methyl sites for hydroxylation is 1. The SMILES string of the molecule is C[C@@H]1C[C@H](N[C@@H]2CCCc3[nH]c(=O)ccc32)C(=O)N1c1ccccc1. The molecule has 130 valence electrons. The van der Waals surface area contributed by atoms with Crippen molar-refractivity contribution in [2.45, 2.75) is 50.7 Å². The molecule has 0 radical (unpaired) electrons. The first-order valence-electron chi connectivity index (χ1n) is 9.00. The molecule has 1 saturated heterocycles. The van der Waals surface area contributed by atoms with Crippen LogP contribution >= 0.6 is 0 Å². The minimum atomic E-state index is -0.182. The predicted octanol–water partition coefficient (Wildman–Crippen LogP) is 2.54. The Morgan fingerprint density at radius 2 is 1.88 bits per heavy atom. The van der Waals surface area contributed by atoms with Gasteiger partial charge in [0.2, 0.25) is 11.5 Å². The van der Waals surface area contributed by atoms with Crippen LogP contribution in [0.25, 0.3) is 0 Å². The number of rotatable bonds is 3. The van der Waals surface area contributed by atoms with Crippen LogP contribution in [0.3, 0.4) is 0 Å². The number of hydrogen-bond donors (Lipinski definition) is 2. The highest BCUT2D eigenvalue weighted by Crippen LogP contribution is 2.32. The summed E-state index contributed by atoms with van der Waals surface area (Å²) in [6.45, 7) is 2.10. The molecule has 1 aromatic heterocycles. The van der Waals surface area contributed by atoms with Crippen molar-refractivity contribution in [2.75, 3.05) is 4.90 Å². The van der Waals surface area contributed by atoms with Crippen LogP contribution in [-0.2, 0) is 11.2 Å². The number of carbonyl (C=O) groups excluding carboxylic acids is 1. The van der Waals surface area contributed by atoms with E-state index in [9.17, 15) is 9.59 Å². The van der Waals surface area contributed by atoms with E-state index in [1.54, 1.807) is 6.07 Å². The number of aromatic nitrogens is 1. The lowest BCUT2D eigenvalue weighted by molar-refractivity contribution is -0.119. The van der Waals surface area contributed by atoms with Crippen molar-refractivity contribution in [2.24, 2.45) is 0 Å². The molecule has 1 aliphatic heterocycles. The molecule has 2 aliphatic rings. The number of hydrogen-bond acceptors (Lipinski definition) is 3. The lowest BCUT2D eigenvalue weighted by atomic mass is 9.90. The summed E-state index contributed by atoms with van der Waals surface area (Å²) in [5.41, 5.74) is 3.04. The highest BCUT2D eigenvalue weighted by Gasteiger charge is 2.39. The largest absolute Gasteiger partial charge is 0.326 e. The Hall–Kier alpha value is -2.40. The molecule has 1 aliphatic carbocycles. The maximum Gasteiger partial charge on any atom is 0.248 e. The Morgan fingerprint density at radius 1 is 1.08 bits per heavy atom. The van der Waals surface area contributed by atoms with Crippen LogP contribution in [0.1, 0.15) is 43.5 Å². The van der Waals surface area contributed by atoms with E-state index in [1.165, 1.54) is 0 Å². The molecule has 0 saturated carbocycles. The number of carbonyl (C=O) groups is 1. The molecule has 1 aromatic carbocycles. The maximum atomic E-state index is 13.0. The first-order chi connectivity index (χ1) is 12.1. The molecular formula is C20H23N3O2. The molecule has 2 N–H and O–H groups in total. The minimum Gasteiger partial charge on any atom is -0.326 e. The van der Waals surface area contributed by atoms with Gasteiger partial charge in [-0.3, -0.25) is 14.9 Å². The number of nitrogens with one attached hydrogen (secondary N) is 2. The van der Waals surface area contributed by atoms with Crippen molar-refractivity contribution >= 4 is 11.6 Å². The van der Waals surface area contributed by atoms with E-state index in [4.69, 9.17) is 0 Å². The van der Waals surface area contributed by atoms with Gasteiger partial charge >= 0.3 is 0 Å². The van der Waals surface area contributed by atoms with Gasteiger partial charge in [0.1, 0.15) is 0 Å². The second kappa shape index (κ2) is 6.48. The molecule has 5 nitrogen and oxygen atoms in total. The second-order valence-electron chi connectivity index (χ2n) is 7.05. The Morgan fingerprint density at radius 3 is 2.68 bits per heavy atom. The van der Waals surface area contributed by atoms with Crippen molar-refractivity contribution in [1.82, 2.24) is 10.3 Å². The zero-order chi connectivity index (χ0) is 17.4. The van der Waals surface area contributed by atoms with Crippen molar-refractivity contribution in [3.05, 3.63) is 64.1 Å². The summed E-state index contributed by atoms with van der Waals surface area (Å²) >= 11 is 0. The van der Waals surface area contributed by atoms with Crippen LogP contribution < -0.4 is 15.8 Å². The van der Waals surface area contributed by atoms with Crippen molar-refractivity contribution in [1.29, 1.82) is 0 Å². The van der Waals surface area contributed by atoms with Crippen LogP contribution in [0.2, 0.25) is 0 Å². The standard InChI is InChI=1S/C20H23N3O2/c1-13-12-18(20(25)23(13)14-6-3-2-4-7-14)21-16-8-5-9-17-15(16)10-11-19(24)22-17/h2-4,6-7,10-11,13,16,18,21H,5,8-9,12H2,1H3,(H,22,24)/t13-,16-,18+/m1/s1. The number of fused-ring (bicyclic) bond motifs is 1. The smallest absolute Gasteiger partial charge is 0.248 e.